The molecule has 0 aromatic heterocycles. The average molecular weight is 390 g/mol. The van der Waals surface area contributed by atoms with Crippen molar-refractivity contribution in [3.63, 3.8) is 0 Å². The lowest BCUT2D eigenvalue weighted by Crippen LogP contribution is -2.51. The van der Waals surface area contributed by atoms with Crippen LogP contribution in [0.15, 0.2) is 24.3 Å². The van der Waals surface area contributed by atoms with Crippen molar-refractivity contribution >= 4 is 17.8 Å². The van der Waals surface area contributed by atoms with E-state index < -0.39 is 12.1 Å². The maximum atomic E-state index is 12.7. The highest BCUT2D eigenvalue weighted by molar-refractivity contribution is 5.97. The number of amides is 2. The number of nitrogens with one attached hydrogen (secondary N) is 1. The molecule has 1 aromatic rings. The molecule has 0 bridgehead atoms. The Labute approximate surface area is 166 Å². The quantitative estimate of drug-likeness (QED) is 0.723. The van der Waals surface area contributed by atoms with Gasteiger partial charge in [-0.1, -0.05) is 12.1 Å². The molecule has 154 valence electrons. The van der Waals surface area contributed by atoms with Crippen molar-refractivity contribution in [2.75, 3.05) is 13.7 Å². The zero-order chi connectivity index (χ0) is 20.7. The van der Waals surface area contributed by atoms with Crippen molar-refractivity contribution in [1.82, 2.24) is 10.2 Å². The minimum Gasteiger partial charge on any atom is -0.496 e. The Balaban J connectivity index is 1.80. The highest BCUT2D eigenvalue weighted by Crippen LogP contribution is 2.23. The summed E-state index contributed by atoms with van der Waals surface area (Å²) >= 11 is 0. The van der Waals surface area contributed by atoms with E-state index in [9.17, 15) is 14.4 Å². The number of hydrogen-bond acceptors (Lipinski definition) is 5. The summed E-state index contributed by atoms with van der Waals surface area (Å²) in [7, 11) is 1.49. The molecule has 1 aromatic carbocycles. The first-order chi connectivity index (χ1) is 13.3. The molecule has 1 aliphatic heterocycles. The third kappa shape index (κ3) is 5.47. The van der Waals surface area contributed by atoms with E-state index in [-0.39, 0.29) is 36.9 Å². The van der Waals surface area contributed by atoms with E-state index in [0.717, 1.165) is 19.3 Å². The van der Waals surface area contributed by atoms with Crippen LogP contribution >= 0.6 is 0 Å². The first kappa shape index (κ1) is 21.7. The summed E-state index contributed by atoms with van der Waals surface area (Å²) in [5, 5.41) is 2.67. The molecule has 0 saturated carbocycles. The van der Waals surface area contributed by atoms with Crippen molar-refractivity contribution in [3.05, 3.63) is 29.8 Å². The molecule has 1 aliphatic rings. The maximum absolute atomic E-state index is 12.7. The van der Waals surface area contributed by atoms with Crippen molar-refractivity contribution in [1.29, 1.82) is 0 Å². The van der Waals surface area contributed by atoms with Crippen LogP contribution in [-0.4, -0.2) is 54.5 Å². The van der Waals surface area contributed by atoms with Crippen LogP contribution < -0.4 is 10.1 Å². The standard InChI is InChI=1S/C21H30N2O5/c1-14-8-7-9-15(2)23(14)21(26)16(3)28-19(24)12-13-22-20(25)17-10-5-6-11-18(17)27-4/h5-6,10-11,14-16H,7-9,12-13H2,1-4H3,(H,22,25)/t14-,15-,16-/m1/s1. The van der Waals surface area contributed by atoms with E-state index in [2.05, 4.69) is 5.32 Å². The molecule has 0 aliphatic carbocycles. The summed E-state index contributed by atoms with van der Waals surface area (Å²) < 4.78 is 10.4. The topological polar surface area (TPSA) is 84.9 Å². The molecule has 2 amide bonds. The number of para-hydroxylation sites is 1. The Bertz CT molecular complexity index is 696. The van der Waals surface area contributed by atoms with Gasteiger partial charge in [0.05, 0.1) is 19.1 Å². The molecule has 0 radical (unpaired) electrons. The van der Waals surface area contributed by atoms with Gasteiger partial charge in [-0.25, -0.2) is 0 Å². The summed E-state index contributed by atoms with van der Waals surface area (Å²) in [6.45, 7) is 5.76. The summed E-state index contributed by atoms with van der Waals surface area (Å²) in [6.07, 6.45) is 2.19. The smallest absolute Gasteiger partial charge is 0.308 e. The van der Waals surface area contributed by atoms with Crippen LogP contribution in [0.2, 0.25) is 0 Å². The van der Waals surface area contributed by atoms with E-state index in [1.165, 1.54) is 7.11 Å². The molecular formula is C21H30N2O5. The number of rotatable bonds is 7. The normalized spacial score (nSPS) is 20.2. The van der Waals surface area contributed by atoms with Crippen LogP contribution in [0, 0.1) is 0 Å². The molecule has 1 fully saturated rings. The molecule has 2 rings (SSSR count). The highest BCUT2D eigenvalue weighted by atomic mass is 16.5. The van der Waals surface area contributed by atoms with Gasteiger partial charge in [0, 0.05) is 18.6 Å². The number of likely N-dealkylation sites (tertiary alicyclic amines) is 1. The summed E-state index contributed by atoms with van der Waals surface area (Å²) in [5.74, 6) is -0.540. The fourth-order valence-electron chi connectivity index (χ4n) is 3.58. The molecule has 0 spiro atoms. The number of carbonyl (C=O) groups excluding carboxylic acids is 3. The first-order valence-corrected chi connectivity index (χ1v) is 9.78. The van der Waals surface area contributed by atoms with E-state index >= 15 is 0 Å². The van der Waals surface area contributed by atoms with Gasteiger partial charge in [-0.3, -0.25) is 14.4 Å². The lowest BCUT2D eigenvalue weighted by atomic mass is 9.97. The first-order valence-electron chi connectivity index (χ1n) is 9.78. The van der Waals surface area contributed by atoms with Gasteiger partial charge in [0.2, 0.25) is 0 Å². The number of hydrogen-bond donors (Lipinski definition) is 1. The predicted molar refractivity (Wildman–Crippen MR) is 105 cm³/mol. The van der Waals surface area contributed by atoms with Gasteiger partial charge in [-0.2, -0.15) is 0 Å². The monoisotopic (exact) mass is 390 g/mol. The third-order valence-corrected chi connectivity index (χ3v) is 5.07. The van der Waals surface area contributed by atoms with Gasteiger partial charge in [0.1, 0.15) is 5.75 Å². The maximum Gasteiger partial charge on any atom is 0.308 e. The second-order valence-electron chi connectivity index (χ2n) is 7.21. The predicted octanol–water partition coefficient (Wildman–Crippen LogP) is 2.54. The van der Waals surface area contributed by atoms with Gasteiger partial charge in [0.25, 0.3) is 11.8 Å². The van der Waals surface area contributed by atoms with Crippen LogP contribution in [0.25, 0.3) is 0 Å². The zero-order valence-electron chi connectivity index (χ0n) is 17.1. The number of methoxy groups -OCH3 is 1. The fraction of sp³-hybridized carbons (Fsp3) is 0.571. The Morgan fingerprint density at radius 3 is 2.46 bits per heavy atom. The molecule has 28 heavy (non-hydrogen) atoms. The molecule has 1 heterocycles. The van der Waals surface area contributed by atoms with Gasteiger partial charge in [-0.15, -0.1) is 0 Å². The number of carbonyl (C=O) groups is 3. The van der Waals surface area contributed by atoms with E-state index in [1.54, 1.807) is 31.2 Å². The molecule has 1 N–H and O–H groups in total. The van der Waals surface area contributed by atoms with E-state index in [4.69, 9.17) is 9.47 Å². The number of benzene rings is 1. The molecule has 7 nitrogen and oxygen atoms in total. The fourth-order valence-corrected chi connectivity index (χ4v) is 3.58. The van der Waals surface area contributed by atoms with Gasteiger partial charge in [0.15, 0.2) is 6.10 Å². The van der Waals surface area contributed by atoms with Crippen LogP contribution in [0.3, 0.4) is 0 Å². The molecular weight excluding hydrogens is 360 g/mol. The largest absolute Gasteiger partial charge is 0.496 e. The zero-order valence-corrected chi connectivity index (χ0v) is 17.1. The summed E-state index contributed by atoms with van der Waals surface area (Å²) in [5.41, 5.74) is 0.398. The minimum atomic E-state index is -0.833. The SMILES string of the molecule is COc1ccccc1C(=O)NCCC(=O)O[C@H](C)C(=O)N1[C@H](C)CCC[C@H]1C. The van der Waals surface area contributed by atoms with Gasteiger partial charge >= 0.3 is 5.97 Å². The van der Waals surface area contributed by atoms with Crippen LogP contribution in [0.4, 0.5) is 0 Å². The van der Waals surface area contributed by atoms with Gasteiger partial charge in [-0.05, 0) is 52.2 Å². The molecule has 1 saturated heterocycles. The highest BCUT2D eigenvalue weighted by Gasteiger charge is 2.33. The lowest BCUT2D eigenvalue weighted by molar-refractivity contribution is -0.162. The van der Waals surface area contributed by atoms with E-state index in [0.29, 0.717) is 11.3 Å². The van der Waals surface area contributed by atoms with Crippen molar-refractivity contribution < 1.29 is 23.9 Å². The second kappa shape index (κ2) is 10.1. The van der Waals surface area contributed by atoms with Crippen molar-refractivity contribution in [2.45, 2.75) is 64.6 Å². The van der Waals surface area contributed by atoms with E-state index in [1.807, 2.05) is 18.7 Å². The Kier molecular flexibility index (Phi) is 7.84. The Hall–Kier alpha value is -2.57. The summed E-state index contributed by atoms with van der Waals surface area (Å²) in [6, 6.07) is 7.15. The average Bonchev–Trinajstić information content (AvgIpc) is 2.67. The molecule has 7 heteroatoms. The number of esters is 1. The number of piperidine rings is 1. The summed E-state index contributed by atoms with van der Waals surface area (Å²) in [4.78, 5) is 38.8. The Morgan fingerprint density at radius 2 is 1.82 bits per heavy atom. The third-order valence-electron chi connectivity index (χ3n) is 5.07. The minimum absolute atomic E-state index is 0.0103. The molecule has 0 unspecified atom stereocenters. The Morgan fingerprint density at radius 1 is 1.18 bits per heavy atom. The second-order valence-corrected chi connectivity index (χ2v) is 7.21. The van der Waals surface area contributed by atoms with Gasteiger partial charge < -0.3 is 19.7 Å². The van der Waals surface area contributed by atoms with Crippen molar-refractivity contribution in [3.8, 4) is 5.75 Å². The van der Waals surface area contributed by atoms with Crippen LogP contribution in [0.5, 0.6) is 5.75 Å². The van der Waals surface area contributed by atoms with Crippen molar-refractivity contribution in [2.24, 2.45) is 0 Å². The number of nitrogens with zero attached hydrogens (tertiary/aromatic N) is 1. The number of ether oxygens (including phenoxy) is 2. The molecule has 3 atom stereocenters. The lowest BCUT2D eigenvalue weighted by Gasteiger charge is -2.40. The van der Waals surface area contributed by atoms with Crippen LogP contribution in [0.1, 0.15) is 56.8 Å². The van der Waals surface area contributed by atoms with Crippen LogP contribution in [-0.2, 0) is 14.3 Å².